The van der Waals surface area contributed by atoms with Crippen LogP contribution in [0.15, 0.2) is 30.3 Å². The van der Waals surface area contributed by atoms with Crippen LogP contribution in [0.2, 0.25) is 0 Å². The average molecular weight is 340 g/mol. The highest BCUT2D eigenvalue weighted by atomic mass is 32.2. The molecule has 7 nitrogen and oxygen atoms in total. The molecule has 1 aromatic rings. The number of ether oxygens (including phenoxy) is 1. The molecule has 126 valence electrons. The number of likely N-dealkylation sites (tertiary alicyclic amines) is 1. The summed E-state index contributed by atoms with van der Waals surface area (Å²) in [5.74, 6) is -0.692. The second-order valence-electron chi connectivity index (χ2n) is 5.52. The van der Waals surface area contributed by atoms with Crippen LogP contribution < -0.4 is 9.46 Å². The summed E-state index contributed by atoms with van der Waals surface area (Å²) in [7, 11) is -3.58. The Hall–Kier alpha value is -2.09. The lowest BCUT2D eigenvalue weighted by Gasteiger charge is -2.31. The number of benzene rings is 1. The summed E-state index contributed by atoms with van der Waals surface area (Å²) in [6.07, 6.45) is 2.15. The summed E-state index contributed by atoms with van der Waals surface area (Å²) in [5, 5.41) is 0. The quantitative estimate of drug-likeness (QED) is 0.836. The maximum atomic E-state index is 12.2. The first kappa shape index (κ1) is 17.3. The molecule has 8 heteroatoms. The lowest BCUT2D eigenvalue weighted by atomic mass is 9.97. The van der Waals surface area contributed by atoms with Crippen molar-refractivity contribution in [2.24, 2.45) is 5.92 Å². The number of carbonyl (C=O) groups excluding carboxylic acids is 2. The molecule has 1 atom stereocenters. The van der Waals surface area contributed by atoms with Gasteiger partial charge in [-0.25, -0.2) is 8.42 Å². The van der Waals surface area contributed by atoms with Crippen LogP contribution in [-0.4, -0.2) is 51.1 Å². The summed E-state index contributed by atoms with van der Waals surface area (Å²) in [6.45, 7) is 0.641. The molecule has 0 radical (unpaired) electrons. The lowest BCUT2D eigenvalue weighted by Crippen LogP contribution is -2.47. The number of carbonyl (C=O) groups is 2. The fraction of sp³-hybridized carbons (Fsp3) is 0.467. The number of nitrogens with zero attached hydrogens (tertiary/aromatic N) is 1. The summed E-state index contributed by atoms with van der Waals surface area (Å²) in [4.78, 5) is 25.6. The van der Waals surface area contributed by atoms with Crippen molar-refractivity contribution in [3.63, 3.8) is 0 Å². The van der Waals surface area contributed by atoms with Crippen molar-refractivity contribution >= 4 is 21.8 Å². The highest BCUT2D eigenvalue weighted by Gasteiger charge is 2.29. The van der Waals surface area contributed by atoms with E-state index in [-0.39, 0.29) is 19.1 Å². The van der Waals surface area contributed by atoms with Gasteiger partial charge in [-0.15, -0.1) is 0 Å². The van der Waals surface area contributed by atoms with E-state index in [0.29, 0.717) is 25.1 Å². The lowest BCUT2D eigenvalue weighted by molar-refractivity contribution is -0.137. The van der Waals surface area contributed by atoms with Crippen LogP contribution in [0.5, 0.6) is 5.75 Å². The number of rotatable bonds is 5. The highest BCUT2D eigenvalue weighted by Crippen LogP contribution is 2.17. The number of nitrogens with one attached hydrogen (secondary N) is 1. The molecule has 23 heavy (non-hydrogen) atoms. The molecule has 1 aliphatic rings. The Labute approximate surface area is 135 Å². The van der Waals surface area contributed by atoms with Gasteiger partial charge in [0.15, 0.2) is 6.61 Å². The number of amides is 2. The third-order valence-corrected chi connectivity index (χ3v) is 4.11. The molecule has 0 bridgehead atoms. The van der Waals surface area contributed by atoms with Crippen molar-refractivity contribution in [1.82, 2.24) is 9.62 Å². The standard InChI is InChI=1S/C15H20N2O5S/c1-23(20,21)16-15(19)12-6-5-9-17(10-12)14(18)11-22-13-7-3-2-4-8-13/h2-4,7-8,12H,5-6,9-11H2,1H3,(H,16,19). The van der Waals surface area contributed by atoms with Crippen molar-refractivity contribution in [2.75, 3.05) is 26.0 Å². The molecule has 1 aliphatic heterocycles. The van der Waals surface area contributed by atoms with Crippen molar-refractivity contribution in [1.29, 1.82) is 0 Å². The van der Waals surface area contributed by atoms with Crippen molar-refractivity contribution in [3.8, 4) is 5.75 Å². The molecule has 1 heterocycles. The predicted molar refractivity (Wildman–Crippen MR) is 84.2 cm³/mol. The van der Waals surface area contributed by atoms with Crippen LogP contribution in [-0.2, 0) is 19.6 Å². The van der Waals surface area contributed by atoms with Gasteiger partial charge in [0, 0.05) is 13.1 Å². The van der Waals surface area contributed by atoms with E-state index >= 15 is 0 Å². The average Bonchev–Trinajstić information content (AvgIpc) is 2.52. The molecule has 1 fully saturated rings. The fourth-order valence-electron chi connectivity index (χ4n) is 2.44. The van der Waals surface area contributed by atoms with Gasteiger partial charge in [-0.2, -0.15) is 0 Å². The van der Waals surface area contributed by atoms with Gasteiger partial charge in [0.1, 0.15) is 5.75 Å². The molecule has 1 saturated heterocycles. The van der Waals surface area contributed by atoms with Crippen molar-refractivity contribution < 1.29 is 22.7 Å². The molecule has 2 amide bonds. The van der Waals surface area contributed by atoms with Crippen LogP contribution >= 0.6 is 0 Å². The van der Waals surface area contributed by atoms with Crippen LogP contribution in [0.25, 0.3) is 0 Å². The Morgan fingerprint density at radius 1 is 1.30 bits per heavy atom. The number of para-hydroxylation sites is 1. The monoisotopic (exact) mass is 340 g/mol. The minimum Gasteiger partial charge on any atom is -0.484 e. The second-order valence-corrected chi connectivity index (χ2v) is 7.27. The van der Waals surface area contributed by atoms with Gasteiger partial charge in [0.25, 0.3) is 5.91 Å². The molecule has 0 aromatic heterocycles. The molecule has 2 rings (SSSR count). The first-order valence-corrected chi connectivity index (χ1v) is 9.21. The van der Waals surface area contributed by atoms with Gasteiger partial charge in [-0.3, -0.25) is 14.3 Å². The third kappa shape index (κ3) is 5.55. The SMILES string of the molecule is CS(=O)(=O)NC(=O)C1CCCN(C(=O)COc2ccccc2)C1. The maximum absolute atomic E-state index is 12.2. The Morgan fingerprint density at radius 3 is 2.65 bits per heavy atom. The number of hydrogen-bond acceptors (Lipinski definition) is 5. The van der Waals surface area contributed by atoms with Crippen LogP contribution in [0.1, 0.15) is 12.8 Å². The van der Waals surface area contributed by atoms with Gasteiger partial charge >= 0.3 is 0 Å². The van der Waals surface area contributed by atoms with Crippen molar-refractivity contribution in [3.05, 3.63) is 30.3 Å². The molecular weight excluding hydrogens is 320 g/mol. The topological polar surface area (TPSA) is 92.8 Å². The third-order valence-electron chi connectivity index (χ3n) is 3.54. The Morgan fingerprint density at radius 2 is 2.00 bits per heavy atom. The Bertz CT molecular complexity index is 660. The van der Waals surface area contributed by atoms with E-state index in [2.05, 4.69) is 0 Å². The van der Waals surface area contributed by atoms with Gasteiger partial charge in [-0.1, -0.05) is 18.2 Å². The van der Waals surface area contributed by atoms with E-state index in [1.54, 1.807) is 17.0 Å². The number of sulfonamides is 1. The smallest absolute Gasteiger partial charge is 0.260 e. The fourth-order valence-corrected chi connectivity index (χ4v) is 2.97. The molecule has 1 aromatic carbocycles. The van der Waals surface area contributed by atoms with E-state index in [1.165, 1.54) is 0 Å². The molecule has 0 aliphatic carbocycles. The molecular formula is C15H20N2O5S. The van der Waals surface area contributed by atoms with Crippen LogP contribution in [0.4, 0.5) is 0 Å². The van der Waals surface area contributed by atoms with Crippen LogP contribution in [0.3, 0.4) is 0 Å². The van der Waals surface area contributed by atoms with E-state index in [4.69, 9.17) is 4.74 Å². The predicted octanol–water partition coefficient (Wildman–Crippen LogP) is 0.380. The van der Waals surface area contributed by atoms with Gasteiger partial charge < -0.3 is 9.64 Å². The number of piperidine rings is 1. The Balaban J connectivity index is 1.87. The van der Waals surface area contributed by atoms with Gasteiger partial charge in [-0.05, 0) is 25.0 Å². The second kappa shape index (κ2) is 7.45. The highest BCUT2D eigenvalue weighted by molar-refractivity contribution is 7.89. The minimum atomic E-state index is -3.58. The first-order valence-electron chi connectivity index (χ1n) is 7.32. The summed E-state index contributed by atoms with van der Waals surface area (Å²) < 4.78 is 29.6. The zero-order chi connectivity index (χ0) is 16.9. The zero-order valence-corrected chi connectivity index (χ0v) is 13.7. The Kier molecular flexibility index (Phi) is 5.59. The maximum Gasteiger partial charge on any atom is 0.260 e. The minimum absolute atomic E-state index is 0.107. The zero-order valence-electron chi connectivity index (χ0n) is 12.9. The van der Waals surface area contributed by atoms with Gasteiger partial charge in [0.2, 0.25) is 15.9 Å². The number of hydrogen-bond donors (Lipinski definition) is 1. The van der Waals surface area contributed by atoms with Crippen LogP contribution in [0, 0.1) is 5.92 Å². The molecule has 0 saturated carbocycles. The molecule has 1 N–H and O–H groups in total. The largest absolute Gasteiger partial charge is 0.484 e. The summed E-state index contributed by atoms with van der Waals surface area (Å²) in [6, 6.07) is 8.99. The molecule has 0 spiro atoms. The molecule has 1 unspecified atom stereocenters. The summed E-state index contributed by atoms with van der Waals surface area (Å²) in [5.41, 5.74) is 0. The van der Waals surface area contributed by atoms with E-state index < -0.39 is 21.8 Å². The van der Waals surface area contributed by atoms with E-state index in [1.807, 2.05) is 22.9 Å². The van der Waals surface area contributed by atoms with E-state index in [9.17, 15) is 18.0 Å². The van der Waals surface area contributed by atoms with Crippen molar-refractivity contribution in [2.45, 2.75) is 12.8 Å². The normalized spacial score (nSPS) is 18.3. The van der Waals surface area contributed by atoms with E-state index in [0.717, 1.165) is 6.26 Å². The summed E-state index contributed by atoms with van der Waals surface area (Å²) >= 11 is 0. The first-order chi connectivity index (χ1) is 10.8. The van der Waals surface area contributed by atoms with Gasteiger partial charge in [0.05, 0.1) is 12.2 Å².